The van der Waals surface area contributed by atoms with Gasteiger partial charge < -0.3 is 10.1 Å². The number of para-hydroxylation sites is 2. The van der Waals surface area contributed by atoms with Crippen LogP contribution in [0, 0.1) is 17.2 Å². The van der Waals surface area contributed by atoms with Gasteiger partial charge in [0, 0.05) is 24.8 Å². The Morgan fingerprint density at radius 1 is 1.15 bits per heavy atom. The van der Waals surface area contributed by atoms with Crippen molar-refractivity contribution in [3.63, 3.8) is 0 Å². The lowest BCUT2D eigenvalue weighted by atomic mass is 9.85. The summed E-state index contributed by atoms with van der Waals surface area (Å²) < 4.78 is 48.6. The quantitative estimate of drug-likeness (QED) is 0.312. The third-order valence-electron chi connectivity index (χ3n) is 7.39. The van der Waals surface area contributed by atoms with Gasteiger partial charge in [-0.15, -0.1) is 0 Å². The van der Waals surface area contributed by atoms with Gasteiger partial charge >= 0.3 is 11.9 Å². The first-order chi connectivity index (χ1) is 19.6. The summed E-state index contributed by atoms with van der Waals surface area (Å²) in [5.41, 5.74) is -0.0612. The number of nitrogens with zero attached hydrogens (tertiary/aromatic N) is 4. The molecule has 2 aromatic carbocycles. The number of fused-ring (bicyclic) bond motifs is 1. The zero-order valence-corrected chi connectivity index (χ0v) is 22.7. The third-order valence-corrected chi connectivity index (χ3v) is 7.60. The van der Waals surface area contributed by atoms with Crippen LogP contribution in [0.3, 0.4) is 0 Å². The molecule has 12 heteroatoms. The number of methoxy groups -OCH3 is 1. The van der Waals surface area contributed by atoms with Gasteiger partial charge in [0.05, 0.1) is 40.0 Å². The number of nitriles is 1. The number of benzene rings is 2. The molecule has 2 aromatic heterocycles. The molecule has 1 aliphatic carbocycles. The maximum absolute atomic E-state index is 13.7. The van der Waals surface area contributed by atoms with Crippen LogP contribution in [0.5, 0.6) is 5.75 Å². The molecule has 212 valence electrons. The predicted molar refractivity (Wildman–Crippen MR) is 146 cm³/mol. The van der Waals surface area contributed by atoms with E-state index in [1.807, 2.05) is 24.3 Å². The molecule has 1 amide bonds. The lowest BCUT2D eigenvalue weighted by Crippen LogP contribution is -2.39. The van der Waals surface area contributed by atoms with E-state index in [0.29, 0.717) is 60.3 Å². The smallest absolute Gasteiger partial charge is 0.434 e. The van der Waals surface area contributed by atoms with Crippen LogP contribution >= 0.6 is 11.6 Å². The molecule has 1 N–H and O–H groups in total. The summed E-state index contributed by atoms with van der Waals surface area (Å²) >= 11 is 5.82. The standard InChI is InChI=1S/C29H25ClF3N5O3/c1-41-21-11-8-18(14-34)25(13-21)38-24-5-3-2-4-23(24)37(28(38)40)16-17-6-9-20(10-7-17)36-27(39)22-12-19(30)15-35-26(22)29(31,32)33/h2-5,8,11-13,15,17,20H,6-7,9-10,16H2,1H3,(H,36,39)/t17-,20-. The van der Waals surface area contributed by atoms with Crippen molar-refractivity contribution in [1.82, 2.24) is 19.4 Å². The largest absolute Gasteiger partial charge is 0.497 e. The Labute approximate surface area is 237 Å². The van der Waals surface area contributed by atoms with Crippen molar-refractivity contribution in [2.75, 3.05) is 7.11 Å². The highest BCUT2D eigenvalue weighted by Gasteiger charge is 2.38. The average molecular weight is 584 g/mol. The van der Waals surface area contributed by atoms with Crippen LogP contribution in [0.15, 0.2) is 59.5 Å². The van der Waals surface area contributed by atoms with Gasteiger partial charge in [0.15, 0.2) is 5.69 Å². The third kappa shape index (κ3) is 5.65. The van der Waals surface area contributed by atoms with E-state index in [0.717, 1.165) is 12.3 Å². The zero-order chi connectivity index (χ0) is 29.3. The normalized spacial score (nSPS) is 17.3. The molecule has 0 spiro atoms. The number of carbonyl (C=O) groups excluding carboxylic acids is 1. The van der Waals surface area contributed by atoms with E-state index in [4.69, 9.17) is 16.3 Å². The minimum atomic E-state index is -4.79. The van der Waals surface area contributed by atoms with Crippen molar-refractivity contribution < 1.29 is 22.7 Å². The van der Waals surface area contributed by atoms with Gasteiger partial charge in [-0.3, -0.25) is 13.9 Å². The van der Waals surface area contributed by atoms with Gasteiger partial charge in [0.2, 0.25) is 0 Å². The molecule has 5 rings (SSSR count). The number of amides is 1. The molecule has 0 unspecified atom stereocenters. The number of nitrogens with one attached hydrogen (secondary N) is 1. The lowest BCUT2D eigenvalue weighted by molar-refractivity contribution is -0.141. The molecule has 1 fully saturated rings. The lowest BCUT2D eigenvalue weighted by Gasteiger charge is -2.29. The topological polar surface area (TPSA) is 102 Å². The van der Waals surface area contributed by atoms with Crippen LogP contribution in [0.2, 0.25) is 5.02 Å². The molecule has 2 heterocycles. The highest BCUT2D eigenvalue weighted by atomic mass is 35.5. The van der Waals surface area contributed by atoms with Crippen LogP contribution in [0.4, 0.5) is 13.2 Å². The second kappa shape index (κ2) is 11.3. The van der Waals surface area contributed by atoms with E-state index >= 15 is 0 Å². The number of pyridine rings is 1. The summed E-state index contributed by atoms with van der Waals surface area (Å²) in [5.74, 6) is -0.264. The number of rotatable bonds is 6. The predicted octanol–water partition coefficient (Wildman–Crippen LogP) is 5.73. The SMILES string of the molecule is COc1ccc(C#N)c(-n2c(=O)n(C[C@H]3CC[C@H](NC(=O)c4cc(Cl)cnc4C(F)(F)F)CC3)c3ccccc32)c1. The van der Waals surface area contributed by atoms with Crippen LogP contribution in [0.25, 0.3) is 16.7 Å². The molecular weight excluding hydrogens is 559 g/mol. The number of carbonyl (C=O) groups is 1. The Morgan fingerprint density at radius 2 is 1.85 bits per heavy atom. The fourth-order valence-corrected chi connectivity index (χ4v) is 5.54. The monoisotopic (exact) mass is 583 g/mol. The summed E-state index contributed by atoms with van der Waals surface area (Å²) in [4.78, 5) is 29.8. The maximum atomic E-state index is 13.7. The van der Waals surface area contributed by atoms with Gasteiger partial charge in [-0.2, -0.15) is 18.4 Å². The van der Waals surface area contributed by atoms with E-state index in [2.05, 4.69) is 16.4 Å². The number of aromatic nitrogens is 3. The minimum absolute atomic E-state index is 0.0627. The Bertz CT molecular complexity index is 1720. The fourth-order valence-electron chi connectivity index (χ4n) is 5.38. The van der Waals surface area contributed by atoms with Crippen molar-refractivity contribution in [2.24, 2.45) is 5.92 Å². The molecule has 1 saturated carbocycles. The molecule has 4 aromatic rings. The zero-order valence-electron chi connectivity index (χ0n) is 21.9. The average Bonchev–Trinajstić information content (AvgIpc) is 3.23. The molecule has 0 atom stereocenters. The Hall–Kier alpha value is -4.30. The molecule has 0 radical (unpaired) electrons. The van der Waals surface area contributed by atoms with Gasteiger partial charge in [-0.25, -0.2) is 9.78 Å². The molecule has 8 nitrogen and oxygen atoms in total. The van der Waals surface area contributed by atoms with E-state index in [1.165, 1.54) is 11.7 Å². The number of halogens is 4. The number of imidazole rings is 1. The maximum Gasteiger partial charge on any atom is 0.434 e. The van der Waals surface area contributed by atoms with Crippen LogP contribution in [0.1, 0.15) is 47.3 Å². The molecule has 0 bridgehead atoms. The molecule has 1 aliphatic rings. The summed E-state index contributed by atoms with van der Waals surface area (Å²) in [5, 5.41) is 12.3. The van der Waals surface area contributed by atoms with Crippen LogP contribution in [-0.2, 0) is 12.7 Å². The van der Waals surface area contributed by atoms with Crippen LogP contribution < -0.4 is 15.7 Å². The molecule has 0 aliphatic heterocycles. The van der Waals surface area contributed by atoms with Crippen molar-refractivity contribution in [3.05, 3.63) is 87.1 Å². The summed E-state index contributed by atoms with van der Waals surface area (Å²) in [6.45, 7) is 0.412. The van der Waals surface area contributed by atoms with Gasteiger partial charge in [-0.05, 0) is 61.9 Å². The number of hydrogen-bond acceptors (Lipinski definition) is 5. The van der Waals surface area contributed by atoms with Crippen molar-refractivity contribution in [2.45, 2.75) is 44.4 Å². The first-order valence-electron chi connectivity index (χ1n) is 12.9. The van der Waals surface area contributed by atoms with Gasteiger partial charge in [0.25, 0.3) is 5.91 Å². The van der Waals surface area contributed by atoms with E-state index in [-0.39, 0.29) is 22.7 Å². The van der Waals surface area contributed by atoms with Crippen molar-refractivity contribution in [3.8, 4) is 17.5 Å². The van der Waals surface area contributed by atoms with Gasteiger partial charge in [0.1, 0.15) is 11.8 Å². The second-order valence-electron chi connectivity index (χ2n) is 9.95. The highest BCUT2D eigenvalue weighted by Crippen LogP contribution is 2.33. The van der Waals surface area contributed by atoms with Gasteiger partial charge in [-0.1, -0.05) is 23.7 Å². The van der Waals surface area contributed by atoms with E-state index in [9.17, 15) is 28.0 Å². The highest BCUT2D eigenvalue weighted by molar-refractivity contribution is 6.30. The fraction of sp³-hybridized carbons (Fsp3) is 0.310. The van der Waals surface area contributed by atoms with E-state index in [1.54, 1.807) is 22.8 Å². The first kappa shape index (κ1) is 28.2. The summed E-state index contributed by atoms with van der Waals surface area (Å²) in [6, 6.07) is 15.0. The number of alkyl halides is 3. The van der Waals surface area contributed by atoms with Crippen molar-refractivity contribution in [1.29, 1.82) is 5.26 Å². The van der Waals surface area contributed by atoms with Crippen molar-refractivity contribution >= 4 is 28.5 Å². The number of ether oxygens (including phenoxy) is 1. The number of hydrogen-bond donors (Lipinski definition) is 1. The minimum Gasteiger partial charge on any atom is -0.497 e. The molecule has 41 heavy (non-hydrogen) atoms. The summed E-state index contributed by atoms with van der Waals surface area (Å²) in [7, 11) is 1.51. The summed E-state index contributed by atoms with van der Waals surface area (Å²) in [6.07, 6.45) is -1.55. The molecule has 0 saturated heterocycles. The second-order valence-corrected chi connectivity index (χ2v) is 10.4. The van der Waals surface area contributed by atoms with Crippen LogP contribution in [-0.4, -0.2) is 33.2 Å². The van der Waals surface area contributed by atoms with E-state index < -0.39 is 23.3 Å². The first-order valence-corrected chi connectivity index (χ1v) is 13.3. The molecular formula is C29H25ClF3N5O3. The Balaban J connectivity index is 1.34. The Morgan fingerprint density at radius 3 is 2.51 bits per heavy atom. The Kier molecular flexibility index (Phi) is 7.78.